The molecule has 64 valence electrons. The number of aryl methyl sites for hydroxylation is 3. The van der Waals surface area contributed by atoms with Crippen molar-refractivity contribution in [1.82, 2.24) is 0 Å². The molecule has 0 fully saturated rings. The van der Waals surface area contributed by atoms with Crippen LogP contribution in [0.25, 0.3) is 0 Å². The van der Waals surface area contributed by atoms with Crippen LogP contribution in [0.4, 0.5) is 0 Å². The predicted octanol–water partition coefficient (Wildman–Crippen LogP) is 2.66. The topological polar surface area (TPSA) is 12.4 Å². The Morgan fingerprint density at radius 2 is 1.58 bits per heavy atom. The number of rotatable bonds is 1. The summed E-state index contributed by atoms with van der Waals surface area (Å²) in [4.78, 5) is 4.01. The lowest BCUT2D eigenvalue weighted by Crippen LogP contribution is -1.91. The summed E-state index contributed by atoms with van der Waals surface area (Å²) in [5.74, 6) is 0. The molecule has 1 aromatic carbocycles. The highest BCUT2D eigenvalue weighted by atomic mass is 14.6. The smallest absolute Gasteiger partial charge is 0.0284 e. The highest BCUT2D eigenvalue weighted by molar-refractivity contribution is 5.82. The molecule has 0 bridgehead atoms. The van der Waals surface area contributed by atoms with Gasteiger partial charge in [0.25, 0.3) is 0 Å². The molecule has 0 radical (unpaired) electrons. The van der Waals surface area contributed by atoms with Crippen LogP contribution < -0.4 is 0 Å². The van der Waals surface area contributed by atoms with E-state index < -0.39 is 0 Å². The summed E-state index contributed by atoms with van der Waals surface area (Å²) in [6.45, 7) is 6.38. The van der Waals surface area contributed by atoms with Crippen LogP contribution in [0, 0.1) is 20.8 Å². The van der Waals surface area contributed by atoms with E-state index in [0.717, 1.165) is 0 Å². The van der Waals surface area contributed by atoms with Gasteiger partial charge in [-0.05, 0) is 49.1 Å². The van der Waals surface area contributed by atoms with Gasteiger partial charge in [-0.3, -0.25) is 4.99 Å². The van der Waals surface area contributed by atoms with Crippen LogP contribution in [-0.2, 0) is 0 Å². The third kappa shape index (κ3) is 1.73. The van der Waals surface area contributed by atoms with E-state index in [1.54, 1.807) is 7.05 Å². The average molecular weight is 161 g/mol. The predicted molar refractivity (Wildman–Crippen MR) is 54.2 cm³/mol. The fourth-order valence-electron chi connectivity index (χ4n) is 1.26. The van der Waals surface area contributed by atoms with Gasteiger partial charge in [0.15, 0.2) is 0 Å². The van der Waals surface area contributed by atoms with Crippen molar-refractivity contribution in [3.05, 3.63) is 34.4 Å². The van der Waals surface area contributed by atoms with Crippen molar-refractivity contribution in [3.63, 3.8) is 0 Å². The van der Waals surface area contributed by atoms with Gasteiger partial charge < -0.3 is 0 Å². The van der Waals surface area contributed by atoms with Crippen LogP contribution in [0.2, 0.25) is 0 Å². The lowest BCUT2D eigenvalue weighted by Gasteiger charge is -2.04. The third-order valence-corrected chi connectivity index (χ3v) is 2.15. The van der Waals surface area contributed by atoms with Crippen molar-refractivity contribution >= 4 is 6.21 Å². The Hall–Kier alpha value is -1.11. The van der Waals surface area contributed by atoms with E-state index in [-0.39, 0.29) is 0 Å². The zero-order valence-electron chi connectivity index (χ0n) is 8.18. The highest BCUT2D eigenvalue weighted by Gasteiger charge is 1.98. The second-order valence-corrected chi connectivity index (χ2v) is 3.18. The summed E-state index contributed by atoms with van der Waals surface area (Å²) in [6, 6.07) is 4.38. The molecule has 0 amide bonds. The zero-order chi connectivity index (χ0) is 9.14. The minimum atomic E-state index is 1.22. The lowest BCUT2D eigenvalue weighted by atomic mass is 10.0. The fourth-order valence-corrected chi connectivity index (χ4v) is 1.26. The molecule has 1 nitrogen and oxygen atoms in total. The van der Waals surface area contributed by atoms with E-state index >= 15 is 0 Å². The molecule has 0 aliphatic heterocycles. The third-order valence-electron chi connectivity index (χ3n) is 2.15. The van der Waals surface area contributed by atoms with Crippen molar-refractivity contribution in [2.45, 2.75) is 20.8 Å². The molecular formula is C11H15N. The number of benzene rings is 1. The maximum absolute atomic E-state index is 4.01. The Morgan fingerprint density at radius 3 is 2.17 bits per heavy atom. The number of hydrogen-bond acceptors (Lipinski definition) is 1. The first-order valence-corrected chi connectivity index (χ1v) is 4.15. The van der Waals surface area contributed by atoms with Crippen molar-refractivity contribution < 1.29 is 0 Å². The molecule has 12 heavy (non-hydrogen) atoms. The van der Waals surface area contributed by atoms with Crippen LogP contribution in [0.15, 0.2) is 17.1 Å². The maximum atomic E-state index is 4.01. The molecule has 0 saturated carbocycles. The molecule has 0 saturated heterocycles. The van der Waals surface area contributed by atoms with Gasteiger partial charge in [0, 0.05) is 13.3 Å². The van der Waals surface area contributed by atoms with Gasteiger partial charge in [-0.15, -0.1) is 0 Å². The first-order chi connectivity index (χ1) is 5.65. The molecule has 1 heteroatoms. The minimum Gasteiger partial charge on any atom is -0.296 e. The molecule has 0 spiro atoms. The number of nitrogens with zero attached hydrogens (tertiary/aromatic N) is 1. The zero-order valence-corrected chi connectivity index (χ0v) is 8.18. The van der Waals surface area contributed by atoms with Crippen LogP contribution in [-0.4, -0.2) is 13.3 Å². The van der Waals surface area contributed by atoms with E-state index in [1.165, 1.54) is 22.3 Å². The molecule has 0 atom stereocenters. The van der Waals surface area contributed by atoms with Gasteiger partial charge in [0.05, 0.1) is 0 Å². The van der Waals surface area contributed by atoms with Gasteiger partial charge in [-0.25, -0.2) is 0 Å². The van der Waals surface area contributed by atoms with Crippen LogP contribution in [0.3, 0.4) is 0 Å². The summed E-state index contributed by atoms with van der Waals surface area (Å²) in [6.07, 6.45) is 1.90. The quantitative estimate of drug-likeness (QED) is 0.561. The van der Waals surface area contributed by atoms with Crippen molar-refractivity contribution in [2.75, 3.05) is 7.05 Å². The Kier molecular flexibility index (Phi) is 2.64. The van der Waals surface area contributed by atoms with Crippen LogP contribution >= 0.6 is 0 Å². The highest BCUT2D eigenvalue weighted by Crippen LogP contribution is 2.13. The SMILES string of the molecule is CN=Cc1cc(C)c(C)cc1C. The summed E-state index contributed by atoms with van der Waals surface area (Å²) >= 11 is 0. The van der Waals surface area contributed by atoms with Gasteiger partial charge in [-0.1, -0.05) is 6.07 Å². The van der Waals surface area contributed by atoms with E-state index in [9.17, 15) is 0 Å². The molecular weight excluding hydrogens is 146 g/mol. The van der Waals surface area contributed by atoms with Crippen molar-refractivity contribution in [2.24, 2.45) is 4.99 Å². The molecule has 0 aliphatic carbocycles. The molecule has 0 aromatic heterocycles. The molecule has 0 unspecified atom stereocenters. The normalized spacial score (nSPS) is 11.0. The largest absolute Gasteiger partial charge is 0.296 e. The molecule has 0 heterocycles. The first-order valence-electron chi connectivity index (χ1n) is 4.15. The Balaban J connectivity index is 3.23. The second kappa shape index (κ2) is 3.53. The molecule has 0 aliphatic rings. The molecule has 1 rings (SSSR count). The Morgan fingerprint density at radius 1 is 1.00 bits per heavy atom. The van der Waals surface area contributed by atoms with Crippen LogP contribution in [0.5, 0.6) is 0 Å². The van der Waals surface area contributed by atoms with Gasteiger partial charge in [0.1, 0.15) is 0 Å². The van der Waals surface area contributed by atoms with Crippen molar-refractivity contribution in [3.8, 4) is 0 Å². The number of aliphatic imine (C=N–C) groups is 1. The summed E-state index contributed by atoms with van der Waals surface area (Å²) in [5, 5.41) is 0. The first kappa shape index (κ1) is 8.98. The van der Waals surface area contributed by atoms with Gasteiger partial charge >= 0.3 is 0 Å². The van der Waals surface area contributed by atoms with E-state index in [0.29, 0.717) is 0 Å². The van der Waals surface area contributed by atoms with Crippen molar-refractivity contribution in [1.29, 1.82) is 0 Å². The molecule has 1 aromatic rings. The molecule has 0 N–H and O–H groups in total. The second-order valence-electron chi connectivity index (χ2n) is 3.18. The standard InChI is InChI=1S/C11H15N/c1-8-5-10(3)11(7-12-4)6-9(8)2/h5-7H,1-4H3. The maximum Gasteiger partial charge on any atom is 0.0284 e. The average Bonchev–Trinajstić information content (AvgIpc) is 2.01. The minimum absolute atomic E-state index is 1.22. The van der Waals surface area contributed by atoms with Gasteiger partial charge in [0.2, 0.25) is 0 Å². The van der Waals surface area contributed by atoms with E-state index in [4.69, 9.17) is 0 Å². The fraction of sp³-hybridized carbons (Fsp3) is 0.364. The summed E-state index contributed by atoms with van der Waals surface area (Å²) in [7, 11) is 1.80. The van der Waals surface area contributed by atoms with E-state index in [1.807, 2.05) is 6.21 Å². The lowest BCUT2D eigenvalue weighted by molar-refractivity contribution is 1.29. The van der Waals surface area contributed by atoms with E-state index in [2.05, 4.69) is 37.9 Å². The Labute approximate surface area is 74.2 Å². The number of hydrogen-bond donors (Lipinski definition) is 0. The van der Waals surface area contributed by atoms with Crippen LogP contribution in [0.1, 0.15) is 22.3 Å². The Bertz CT molecular complexity index is 311. The monoisotopic (exact) mass is 161 g/mol. The summed E-state index contributed by atoms with van der Waals surface area (Å²) < 4.78 is 0. The van der Waals surface area contributed by atoms with Gasteiger partial charge in [-0.2, -0.15) is 0 Å². The summed E-state index contributed by atoms with van der Waals surface area (Å²) in [5.41, 5.74) is 5.19.